The van der Waals surface area contributed by atoms with Gasteiger partial charge in [-0.05, 0) is 31.2 Å². The van der Waals surface area contributed by atoms with E-state index in [0.29, 0.717) is 5.88 Å². The second kappa shape index (κ2) is 7.33. The number of carbonyl (C=O) groups is 1. The molecule has 20 heavy (non-hydrogen) atoms. The lowest BCUT2D eigenvalue weighted by atomic mass is 10.1. The molecule has 0 amide bonds. The third kappa shape index (κ3) is 4.42. The van der Waals surface area contributed by atoms with Crippen molar-refractivity contribution >= 4 is 5.97 Å². The maximum absolute atomic E-state index is 13.6. The van der Waals surface area contributed by atoms with Gasteiger partial charge >= 0.3 is 5.97 Å². The summed E-state index contributed by atoms with van der Waals surface area (Å²) in [5.74, 6) is -1.02. The molecule has 1 rings (SSSR count). The SMILES string of the molecule is C/C=C\C=C(\OCc1cc(C(=O)O)ccc1F)N(C)C. The first-order valence-corrected chi connectivity index (χ1v) is 6.10. The summed E-state index contributed by atoms with van der Waals surface area (Å²) in [5, 5.41) is 8.89. The van der Waals surface area contributed by atoms with E-state index >= 15 is 0 Å². The Morgan fingerprint density at radius 2 is 2.15 bits per heavy atom. The van der Waals surface area contributed by atoms with Crippen LogP contribution in [-0.4, -0.2) is 30.1 Å². The second-order valence-corrected chi connectivity index (χ2v) is 4.33. The number of hydrogen-bond acceptors (Lipinski definition) is 3. The second-order valence-electron chi connectivity index (χ2n) is 4.33. The van der Waals surface area contributed by atoms with E-state index in [-0.39, 0.29) is 17.7 Å². The van der Waals surface area contributed by atoms with Crippen LogP contribution in [0.3, 0.4) is 0 Å². The van der Waals surface area contributed by atoms with Crippen molar-refractivity contribution in [3.8, 4) is 0 Å². The van der Waals surface area contributed by atoms with E-state index < -0.39 is 11.8 Å². The van der Waals surface area contributed by atoms with E-state index in [0.717, 1.165) is 6.07 Å². The summed E-state index contributed by atoms with van der Waals surface area (Å²) in [7, 11) is 3.61. The molecule has 0 heterocycles. The smallest absolute Gasteiger partial charge is 0.335 e. The Morgan fingerprint density at radius 3 is 2.70 bits per heavy atom. The van der Waals surface area contributed by atoms with E-state index in [1.807, 2.05) is 13.0 Å². The molecule has 0 saturated carbocycles. The number of benzene rings is 1. The van der Waals surface area contributed by atoms with Crippen LogP contribution in [0.2, 0.25) is 0 Å². The standard InChI is InChI=1S/C15H18FNO3/c1-4-5-6-14(17(2)3)20-10-12-9-11(15(18)19)7-8-13(12)16/h4-9H,10H2,1-3H3,(H,18,19)/b5-4-,14-6+. The molecule has 0 radical (unpaired) electrons. The molecule has 5 heteroatoms. The molecule has 4 nitrogen and oxygen atoms in total. The fourth-order valence-electron chi connectivity index (χ4n) is 1.47. The van der Waals surface area contributed by atoms with Crippen LogP contribution in [-0.2, 0) is 11.3 Å². The molecule has 0 spiro atoms. The predicted octanol–water partition coefficient (Wildman–Crippen LogP) is 3.02. The van der Waals surface area contributed by atoms with Gasteiger partial charge in [0.1, 0.15) is 12.4 Å². The highest BCUT2D eigenvalue weighted by molar-refractivity contribution is 5.87. The van der Waals surface area contributed by atoms with Crippen LogP contribution in [0.4, 0.5) is 4.39 Å². The molecule has 1 N–H and O–H groups in total. The Hall–Kier alpha value is -2.30. The van der Waals surface area contributed by atoms with Crippen LogP contribution < -0.4 is 0 Å². The number of carboxylic acids is 1. The van der Waals surface area contributed by atoms with Gasteiger partial charge in [-0.25, -0.2) is 9.18 Å². The average Bonchev–Trinajstić information content (AvgIpc) is 2.39. The van der Waals surface area contributed by atoms with Crippen LogP contribution in [0.15, 0.2) is 42.3 Å². The van der Waals surface area contributed by atoms with Gasteiger partial charge in [0.15, 0.2) is 5.88 Å². The number of aromatic carboxylic acids is 1. The van der Waals surface area contributed by atoms with Crippen molar-refractivity contribution in [3.63, 3.8) is 0 Å². The Morgan fingerprint density at radius 1 is 1.45 bits per heavy atom. The van der Waals surface area contributed by atoms with Gasteiger partial charge in [-0.3, -0.25) is 0 Å². The number of rotatable bonds is 6. The van der Waals surface area contributed by atoms with Gasteiger partial charge in [0.05, 0.1) is 5.56 Å². The zero-order valence-electron chi connectivity index (χ0n) is 11.8. The molecule has 0 aliphatic rings. The number of allylic oxidation sites excluding steroid dienone is 3. The summed E-state index contributed by atoms with van der Waals surface area (Å²) in [5.41, 5.74) is 0.243. The Kier molecular flexibility index (Phi) is 5.77. The summed E-state index contributed by atoms with van der Waals surface area (Å²) >= 11 is 0. The topological polar surface area (TPSA) is 49.8 Å². The van der Waals surface area contributed by atoms with Gasteiger partial charge in [0, 0.05) is 19.7 Å². The third-order valence-corrected chi connectivity index (χ3v) is 2.54. The number of halogens is 1. The van der Waals surface area contributed by atoms with Crippen LogP contribution in [0.25, 0.3) is 0 Å². The fraction of sp³-hybridized carbons (Fsp3) is 0.267. The maximum Gasteiger partial charge on any atom is 0.335 e. The summed E-state index contributed by atoms with van der Waals surface area (Å²) < 4.78 is 19.1. The molecule has 0 atom stereocenters. The van der Waals surface area contributed by atoms with Gasteiger partial charge in [-0.1, -0.05) is 12.2 Å². The van der Waals surface area contributed by atoms with Crippen LogP contribution in [0, 0.1) is 5.82 Å². The summed E-state index contributed by atoms with van der Waals surface area (Å²) in [6.45, 7) is 1.84. The van der Waals surface area contributed by atoms with Crippen molar-refractivity contribution in [2.45, 2.75) is 13.5 Å². The molecule has 108 valence electrons. The van der Waals surface area contributed by atoms with Crippen molar-refractivity contribution in [2.24, 2.45) is 0 Å². The van der Waals surface area contributed by atoms with E-state index in [1.165, 1.54) is 12.1 Å². The summed E-state index contributed by atoms with van der Waals surface area (Å²) in [6, 6.07) is 3.64. The predicted molar refractivity (Wildman–Crippen MR) is 74.7 cm³/mol. The average molecular weight is 279 g/mol. The number of carboxylic acid groups (broad SMARTS) is 1. The first-order valence-electron chi connectivity index (χ1n) is 6.10. The Labute approximate surface area is 117 Å². The zero-order valence-corrected chi connectivity index (χ0v) is 11.8. The van der Waals surface area contributed by atoms with Gasteiger partial charge in [-0.15, -0.1) is 0 Å². The van der Waals surface area contributed by atoms with Gasteiger partial charge in [0.2, 0.25) is 0 Å². The quantitative estimate of drug-likeness (QED) is 0.642. The van der Waals surface area contributed by atoms with E-state index in [2.05, 4.69) is 0 Å². The fourth-order valence-corrected chi connectivity index (χ4v) is 1.47. The third-order valence-electron chi connectivity index (χ3n) is 2.54. The van der Waals surface area contributed by atoms with Crippen molar-refractivity contribution in [3.05, 3.63) is 59.3 Å². The first kappa shape index (κ1) is 15.8. The molecule has 0 unspecified atom stereocenters. The molecule has 1 aromatic rings. The van der Waals surface area contributed by atoms with Crippen LogP contribution in [0.1, 0.15) is 22.8 Å². The largest absolute Gasteiger partial charge is 0.478 e. The lowest BCUT2D eigenvalue weighted by molar-refractivity contribution is 0.0696. The maximum atomic E-state index is 13.6. The van der Waals surface area contributed by atoms with Crippen molar-refractivity contribution in [1.82, 2.24) is 4.90 Å². The van der Waals surface area contributed by atoms with Crippen LogP contribution in [0.5, 0.6) is 0 Å². The minimum Gasteiger partial charge on any atom is -0.478 e. The minimum absolute atomic E-state index is 0.0332. The Bertz CT molecular complexity index is 536. The molecule has 0 fully saturated rings. The van der Waals surface area contributed by atoms with Crippen molar-refractivity contribution in [1.29, 1.82) is 0 Å². The molecule has 0 aliphatic carbocycles. The molecular formula is C15H18FNO3. The van der Waals surface area contributed by atoms with Crippen molar-refractivity contribution < 1.29 is 19.0 Å². The molecule has 0 saturated heterocycles. The van der Waals surface area contributed by atoms with E-state index in [4.69, 9.17) is 9.84 Å². The van der Waals surface area contributed by atoms with E-state index in [9.17, 15) is 9.18 Å². The number of ether oxygens (including phenoxy) is 1. The monoisotopic (exact) mass is 279 g/mol. The van der Waals surface area contributed by atoms with Gasteiger partial charge in [0.25, 0.3) is 0 Å². The lowest BCUT2D eigenvalue weighted by Gasteiger charge is -2.18. The number of hydrogen-bond donors (Lipinski definition) is 1. The summed E-state index contributed by atoms with van der Waals surface area (Å²) in [6.07, 6.45) is 5.40. The lowest BCUT2D eigenvalue weighted by Crippen LogP contribution is -2.14. The Balaban J connectivity index is 2.87. The molecule has 1 aromatic carbocycles. The van der Waals surface area contributed by atoms with Crippen molar-refractivity contribution in [2.75, 3.05) is 14.1 Å². The minimum atomic E-state index is -1.09. The normalized spacial score (nSPS) is 11.7. The highest BCUT2D eigenvalue weighted by atomic mass is 19.1. The summed E-state index contributed by atoms with van der Waals surface area (Å²) in [4.78, 5) is 12.6. The van der Waals surface area contributed by atoms with Gasteiger partial charge in [-0.2, -0.15) is 0 Å². The first-order chi connectivity index (χ1) is 9.45. The highest BCUT2D eigenvalue weighted by Crippen LogP contribution is 2.14. The highest BCUT2D eigenvalue weighted by Gasteiger charge is 2.10. The van der Waals surface area contributed by atoms with Crippen LogP contribution >= 0.6 is 0 Å². The van der Waals surface area contributed by atoms with Gasteiger partial charge < -0.3 is 14.7 Å². The number of nitrogens with zero attached hydrogens (tertiary/aromatic N) is 1. The van der Waals surface area contributed by atoms with E-state index in [1.54, 1.807) is 31.1 Å². The molecular weight excluding hydrogens is 261 g/mol. The molecule has 0 bridgehead atoms. The zero-order chi connectivity index (χ0) is 15.1. The molecule has 0 aromatic heterocycles. The molecule has 0 aliphatic heterocycles.